The fourth-order valence-electron chi connectivity index (χ4n) is 0.567. The van der Waals surface area contributed by atoms with Crippen molar-refractivity contribution in [1.29, 1.82) is 0 Å². The number of anilines is 1. The van der Waals surface area contributed by atoms with Crippen LogP contribution in [0.15, 0.2) is 16.6 Å². The fourth-order valence-corrected chi connectivity index (χ4v) is 0.899. The third-order valence-corrected chi connectivity index (χ3v) is 1.78. The van der Waals surface area contributed by atoms with Gasteiger partial charge in [-0.15, -0.1) is 0 Å². The summed E-state index contributed by atoms with van der Waals surface area (Å²) in [6, 6.07) is 2.62. The van der Waals surface area contributed by atoms with Crippen LogP contribution in [0.2, 0.25) is 0 Å². The first-order valence-electron chi connectivity index (χ1n) is 2.58. The van der Waals surface area contributed by atoms with Crippen molar-refractivity contribution in [2.75, 3.05) is 5.73 Å². The van der Waals surface area contributed by atoms with Crippen molar-refractivity contribution in [3.63, 3.8) is 0 Å². The van der Waals surface area contributed by atoms with E-state index >= 15 is 0 Å². The van der Waals surface area contributed by atoms with E-state index in [1.54, 1.807) is 0 Å². The first kappa shape index (κ1) is 7.21. The summed E-state index contributed by atoms with van der Waals surface area (Å²) in [4.78, 5) is 0. The molecule has 0 aliphatic rings. The molecule has 3 nitrogen and oxygen atoms in total. The van der Waals surface area contributed by atoms with Crippen LogP contribution in [0, 0.1) is 0 Å². The summed E-state index contributed by atoms with van der Waals surface area (Å²) in [5.41, 5.74) is 5.77. The number of phenolic OH excluding ortho intramolecular Hbond substituents is 2. The van der Waals surface area contributed by atoms with E-state index < -0.39 is 0 Å². The molecule has 10 heavy (non-hydrogen) atoms. The van der Waals surface area contributed by atoms with E-state index in [1.807, 2.05) is 0 Å². The van der Waals surface area contributed by atoms with Gasteiger partial charge in [-0.2, -0.15) is 0 Å². The molecule has 0 saturated carbocycles. The van der Waals surface area contributed by atoms with E-state index in [0.29, 0.717) is 10.2 Å². The number of aromatic hydroxyl groups is 2. The molecule has 0 fully saturated rings. The summed E-state index contributed by atoms with van der Waals surface area (Å²) in [5, 5.41) is 17.8. The Bertz CT molecular complexity index is 212. The molecule has 4 heteroatoms. The minimum Gasteiger partial charge on any atom is -0.504 e. The van der Waals surface area contributed by atoms with Crippen molar-refractivity contribution in [2.24, 2.45) is 0 Å². The summed E-state index contributed by atoms with van der Waals surface area (Å²) < 4.78 is 0.572. The zero-order valence-corrected chi connectivity index (χ0v) is 6.59. The van der Waals surface area contributed by atoms with E-state index in [2.05, 4.69) is 15.9 Å². The van der Waals surface area contributed by atoms with Gasteiger partial charge in [-0.1, -0.05) is 0 Å². The predicted molar refractivity (Wildman–Crippen MR) is 41.9 cm³/mol. The van der Waals surface area contributed by atoms with Crippen molar-refractivity contribution in [3.8, 4) is 11.5 Å². The Kier molecular flexibility index (Phi) is 1.72. The van der Waals surface area contributed by atoms with Crippen molar-refractivity contribution in [3.05, 3.63) is 16.6 Å². The van der Waals surface area contributed by atoms with Gasteiger partial charge in [-0.25, -0.2) is 0 Å². The highest BCUT2D eigenvalue weighted by atomic mass is 79.9. The summed E-state index contributed by atoms with van der Waals surface area (Å²) in [5.74, 6) is -0.387. The number of nitrogen functional groups attached to an aromatic ring is 1. The highest BCUT2D eigenvalue weighted by Crippen LogP contribution is 2.32. The minimum atomic E-state index is -0.208. The Morgan fingerprint density at radius 1 is 1.20 bits per heavy atom. The van der Waals surface area contributed by atoms with Crippen LogP contribution in [0.5, 0.6) is 11.5 Å². The molecule has 0 aliphatic carbocycles. The highest BCUT2D eigenvalue weighted by Gasteiger charge is 2.02. The molecule has 4 N–H and O–H groups in total. The maximum Gasteiger partial charge on any atom is 0.159 e. The molecule has 0 aromatic heterocycles. The molecule has 1 aromatic carbocycles. The number of nitrogens with two attached hydrogens (primary N) is 1. The lowest BCUT2D eigenvalue weighted by atomic mass is 10.3. The molecule has 0 amide bonds. The lowest BCUT2D eigenvalue weighted by molar-refractivity contribution is 0.404. The smallest absolute Gasteiger partial charge is 0.159 e. The third-order valence-electron chi connectivity index (χ3n) is 1.09. The topological polar surface area (TPSA) is 66.5 Å². The average molecular weight is 204 g/mol. The second kappa shape index (κ2) is 2.38. The maximum absolute atomic E-state index is 8.89. The molecule has 54 valence electrons. The molecule has 0 heterocycles. The maximum atomic E-state index is 8.89. The van der Waals surface area contributed by atoms with Crippen molar-refractivity contribution >= 4 is 21.6 Å². The van der Waals surface area contributed by atoms with E-state index in [-0.39, 0.29) is 11.5 Å². The predicted octanol–water partition coefficient (Wildman–Crippen LogP) is 1.44. The van der Waals surface area contributed by atoms with Crippen LogP contribution >= 0.6 is 15.9 Å². The Morgan fingerprint density at radius 3 is 2.20 bits per heavy atom. The van der Waals surface area contributed by atoms with Gasteiger partial charge in [0.15, 0.2) is 11.5 Å². The van der Waals surface area contributed by atoms with E-state index in [9.17, 15) is 0 Å². The first-order valence-corrected chi connectivity index (χ1v) is 3.37. The molecule has 1 aromatic rings. The van der Waals surface area contributed by atoms with Crippen LogP contribution in [0.4, 0.5) is 5.69 Å². The summed E-state index contributed by atoms with van der Waals surface area (Å²) in [6.07, 6.45) is 0. The van der Waals surface area contributed by atoms with E-state index in [0.717, 1.165) is 0 Å². The van der Waals surface area contributed by atoms with Crippen molar-refractivity contribution in [2.45, 2.75) is 0 Å². The van der Waals surface area contributed by atoms with Crippen LogP contribution in [0.25, 0.3) is 0 Å². The second-order valence-corrected chi connectivity index (χ2v) is 2.72. The van der Waals surface area contributed by atoms with Gasteiger partial charge in [-0.05, 0) is 15.9 Å². The van der Waals surface area contributed by atoms with Crippen molar-refractivity contribution in [1.82, 2.24) is 0 Å². The quantitative estimate of drug-likeness (QED) is 0.340. The molecule has 0 aliphatic heterocycles. The number of halogens is 1. The molecular weight excluding hydrogens is 198 g/mol. The highest BCUT2D eigenvalue weighted by molar-refractivity contribution is 9.10. The molecular formula is C6H6BrNO2. The van der Waals surface area contributed by atoms with Gasteiger partial charge in [0.05, 0.1) is 0 Å². The summed E-state index contributed by atoms with van der Waals surface area (Å²) >= 11 is 3.08. The van der Waals surface area contributed by atoms with Crippen LogP contribution in [-0.4, -0.2) is 10.2 Å². The van der Waals surface area contributed by atoms with Crippen LogP contribution < -0.4 is 5.73 Å². The van der Waals surface area contributed by atoms with Gasteiger partial charge in [0.25, 0.3) is 0 Å². The summed E-state index contributed by atoms with van der Waals surface area (Å²) in [6.45, 7) is 0. The SMILES string of the molecule is Nc1cc(O)c(O)cc1Br. The molecule has 0 saturated heterocycles. The van der Waals surface area contributed by atoms with Gasteiger partial charge in [0, 0.05) is 22.3 Å². The van der Waals surface area contributed by atoms with Crippen LogP contribution in [-0.2, 0) is 0 Å². The Morgan fingerprint density at radius 2 is 1.70 bits per heavy atom. The lowest BCUT2D eigenvalue weighted by Crippen LogP contribution is -1.85. The Hall–Kier alpha value is -0.900. The first-order chi connectivity index (χ1) is 4.61. The molecule has 0 radical (unpaired) electrons. The molecule has 0 atom stereocenters. The molecule has 0 spiro atoms. The fraction of sp³-hybridized carbons (Fsp3) is 0. The number of hydrogen-bond acceptors (Lipinski definition) is 3. The van der Waals surface area contributed by atoms with Gasteiger partial charge in [0.2, 0.25) is 0 Å². The zero-order chi connectivity index (χ0) is 7.72. The van der Waals surface area contributed by atoms with Gasteiger partial charge < -0.3 is 15.9 Å². The average Bonchev–Trinajstić information content (AvgIpc) is 1.84. The standard InChI is InChI=1S/C6H6BrNO2/c7-3-1-5(9)6(10)2-4(3)8/h1-2,9-10H,8H2. The molecule has 0 unspecified atom stereocenters. The summed E-state index contributed by atoms with van der Waals surface area (Å²) in [7, 11) is 0. The van der Waals surface area contributed by atoms with E-state index in [4.69, 9.17) is 15.9 Å². The lowest BCUT2D eigenvalue weighted by Gasteiger charge is -2.00. The van der Waals surface area contributed by atoms with Crippen molar-refractivity contribution < 1.29 is 10.2 Å². The Labute approximate surface area is 66.2 Å². The van der Waals surface area contributed by atoms with Crippen LogP contribution in [0.1, 0.15) is 0 Å². The van der Waals surface area contributed by atoms with Crippen LogP contribution in [0.3, 0.4) is 0 Å². The zero-order valence-electron chi connectivity index (χ0n) is 5.00. The second-order valence-electron chi connectivity index (χ2n) is 1.86. The number of benzene rings is 1. The molecule has 0 bridgehead atoms. The van der Waals surface area contributed by atoms with Gasteiger partial charge in [0.1, 0.15) is 0 Å². The minimum absolute atomic E-state index is 0.180. The monoisotopic (exact) mass is 203 g/mol. The van der Waals surface area contributed by atoms with E-state index in [1.165, 1.54) is 12.1 Å². The number of rotatable bonds is 0. The van der Waals surface area contributed by atoms with Gasteiger partial charge in [-0.3, -0.25) is 0 Å². The number of hydrogen-bond donors (Lipinski definition) is 3. The van der Waals surface area contributed by atoms with Gasteiger partial charge >= 0.3 is 0 Å². The third kappa shape index (κ3) is 1.16. The number of phenols is 2. The molecule has 1 rings (SSSR count). The Balaban J connectivity index is 3.28. The largest absolute Gasteiger partial charge is 0.504 e. The normalized spacial score (nSPS) is 9.70.